The molecule has 3 aromatic rings. The lowest BCUT2D eigenvalue weighted by Crippen LogP contribution is -2.37. The number of nitrogens with one attached hydrogen (secondary N) is 1. The van der Waals surface area contributed by atoms with Gasteiger partial charge in [-0.1, -0.05) is 46.9 Å². The van der Waals surface area contributed by atoms with Crippen molar-refractivity contribution >= 4 is 62.1 Å². The molecule has 0 unspecified atom stereocenters. The number of nitrogens with zero attached hydrogens (tertiary/aromatic N) is 1. The van der Waals surface area contributed by atoms with Crippen molar-refractivity contribution in [1.29, 1.82) is 0 Å². The van der Waals surface area contributed by atoms with Gasteiger partial charge < -0.3 is 14.8 Å². The highest BCUT2D eigenvalue weighted by molar-refractivity contribution is 7.92. The van der Waals surface area contributed by atoms with E-state index in [1.165, 1.54) is 31.4 Å². The third-order valence-electron chi connectivity index (χ3n) is 4.33. The van der Waals surface area contributed by atoms with E-state index in [2.05, 4.69) is 5.32 Å². The van der Waals surface area contributed by atoms with Crippen molar-refractivity contribution in [2.24, 2.45) is 0 Å². The van der Waals surface area contributed by atoms with Crippen molar-refractivity contribution in [2.45, 2.75) is 0 Å². The lowest BCUT2D eigenvalue weighted by atomic mass is 10.2. The lowest BCUT2D eigenvalue weighted by molar-refractivity contribution is -0.114. The van der Waals surface area contributed by atoms with Crippen molar-refractivity contribution < 1.29 is 22.7 Å². The fourth-order valence-electron chi connectivity index (χ4n) is 2.91. The van der Waals surface area contributed by atoms with Gasteiger partial charge in [-0.15, -0.1) is 0 Å². The van der Waals surface area contributed by atoms with E-state index in [0.717, 1.165) is 10.6 Å². The number of sulfonamides is 1. The van der Waals surface area contributed by atoms with Gasteiger partial charge in [-0.2, -0.15) is 0 Å². The number of benzene rings is 3. The Morgan fingerprint density at radius 1 is 0.909 bits per heavy atom. The summed E-state index contributed by atoms with van der Waals surface area (Å²) in [5.41, 5.74) is 0.401. The second kappa shape index (κ2) is 10.5. The van der Waals surface area contributed by atoms with Gasteiger partial charge in [0, 0.05) is 15.1 Å². The van der Waals surface area contributed by atoms with E-state index in [9.17, 15) is 13.2 Å². The molecule has 0 aliphatic carbocycles. The van der Waals surface area contributed by atoms with E-state index in [1.807, 2.05) is 0 Å². The van der Waals surface area contributed by atoms with Crippen LogP contribution in [-0.4, -0.2) is 34.2 Å². The van der Waals surface area contributed by atoms with Crippen LogP contribution < -0.4 is 19.1 Å². The van der Waals surface area contributed by atoms with Gasteiger partial charge in [0.05, 0.1) is 24.7 Å². The number of carbonyl (C=O) groups excluding carboxylic acids is 1. The smallest absolute Gasteiger partial charge is 0.245 e. The normalized spacial score (nSPS) is 11.1. The topological polar surface area (TPSA) is 84.9 Å². The molecule has 174 valence electrons. The maximum atomic E-state index is 12.8. The Hall–Kier alpha value is -2.65. The zero-order valence-corrected chi connectivity index (χ0v) is 20.6. The molecule has 11 heteroatoms. The van der Waals surface area contributed by atoms with Crippen LogP contribution in [0.3, 0.4) is 0 Å². The first-order valence-electron chi connectivity index (χ1n) is 9.41. The predicted octanol–water partition coefficient (Wildman–Crippen LogP) is 5.85. The Bertz CT molecular complexity index is 1260. The predicted molar refractivity (Wildman–Crippen MR) is 132 cm³/mol. The fraction of sp³-hybridized carbons (Fsp3) is 0.136. The quantitative estimate of drug-likeness (QED) is 0.395. The van der Waals surface area contributed by atoms with Gasteiger partial charge in [0.25, 0.3) is 0 Å². The molecule has 0 saturated heterocycles. The van der Waals surface area contributed by atoms with Crippen LogP contribution in [-0.2, 0) is 14.8 Å². The van der Waals surface area contributed by atoms with Gasteiger partial charge in [0.1, 0.15) is 6.54 Å². The molecule has 0 aromatic heterocycles. The number of amides is 1. The molecule has 1 amide bonds. The van der Waals surface area contributed by atoms with Crippen LogP contribution in [0.2, 0.25) is 15.1 Å². The highest BCUT2D eigenvalue weighted by Gasteiger charge is 2.23. The van der Waals surface area contributed by atoms with Gasteiger partial charge in [-0.05, 0) is 48.5 Å². The number of carbonyl (C=O) groups is 1. The minimum absolute atomic E-state index is 0.154. The molecule has 3 aromatic carbocycles. The van der Waals surface area contributed by atoms with Crippen LogP contribution >= 0.6 is 34.8 Å². The summed E-state index contributed by atoms with van der Waals surface area (Å²) in [6, 6.07) is 15.9. The van der Waals surface area contributed by atoms with Crippen molar-refractivity contribution in [3.8, 4) is 17.2 Å². The molecule has 0 aliphatic heterocycles. The number of anilines is 2. The molecule has 0 saturated carbocycles. The molecule has 7 nitrogen and oxygen atoms in total. The van der Waals surface area contributed by atoms with Gasteiger partial charge in [-0.25, -0.2) is 8.42 Å². The Morgan fingerprint density at radius 3 is 2.15 bits per heavy atom. The van der Waals surface area contributed by atoms with Crippen molar-refractivity contribution in [1.82, 2.24) is 0 Å². The van der Waals surface area contributed by atoms with E-state index in [1.54, 1.807) is 36.4 Å². The third-order valence-corrected chi connectivity index (χ3v) is 6.14. The van der Waals surface area contributed by atoms with Gasteiger partial charge >= 0.3 is 0 Å². The van der Waals surface area contributed by atoms with Gasteiger partial charge in [0.15, 0.2) is 17.2 Å². The second-order valence-electron chi connectivity index (χ2n) is 6.84. The van der Waals surface area contributed by atoms with Crippen LogP contribution in [0.25, 0.3) is 0 Å². The molecular weight excluding hydrogens is 511 g/mol. The zero-order valence-electron chi connectivity index (χ0n) is 17.5. The number of rotatable bonds is 8. The minimum atomic E-state index is -3.83. The molecule has 33 heavy (non-hydrogen) atoms. The summed E-state index contributed by atoms with van der Waals surface area (Å²) in [6.07, 6.45) is 0.977. The largest absolute Gasteiger partial charge is 0.493 e. The Labute approximate surface area is 206 Å². The summed E-state index contributed by atoms with van der Waals surface area (Å²) in [7, 11) is -2.32. The first-order chi connectivity index (χ1) is 15.6. The minimum Gasteiger partial charge on any atom is -0.493 e. The number of halogens is 3. The van der Waals surface area contributed by atoms with Crippen LogP contribution in [0.1, 0.15) is 0 Å². The molecule has 0 bridgehead atoms. The zero-order chi connectivity index (χ0) is 24.2. The Morgan fingerprint density at radius 2 is 1.55 bits per heavy atom. The van der Waals surface area contributed by atoms with E-state index < -0.39 is 22.5 Å². The number of ether oxygens (including phenoxy) is 2. The SMILES string of the molecule is COc1ccccc1Oc1ccc(Cl)cc1NC(=O)CN(c1cc(Cl)cc(Cl)c1)S(C)(=O)=O. The number of hydrogen-bond acceptors (Lipinski definition) is 5. The van der Waals surface area contributed by atoms with E-state index in [4.69, 9.17) is 44.3 Å². The summed E-state index contributed by atoms with van der Waals surface area (Å²) in [5, 5.41) is 3.46. The van der Waals surface area contributed by atoms with Crippen molar-refractivity contribution in [3.63, 3.8) is 0 Å². The molecule has 3 rings (SSSR count). The van der Waals surface area contributed by atoms with Crippen LogP contribution in [0.15, 0.2) is 60.7 Å². The third kappa shape index (κ3) is 6.68. The van der Waals surface area contributed by atoms with Crippen LogP contribution in [0.5, 0.6) is 17.2 Å². The Kier molecular flexibility index (Phi) is 7.97. The molecule has 1 N–H and O–H groups in total. The molecule has 0 atom stereocenters. The van der Waals surface area contributed by atoms with E-state index in [0.29, 0.717) is 16.5 Å². The van der Waals surface area contributed by atoms with Gasteiger partial charge in [0.2, 0.25) is 15.9 Å². The summed E-state index contributed by atoms with van der Waals surface area (Å²) >= 11 is 18.1. The molecular formula is C22H19Cl3N2O5S. The van der Waals surface area contributed by atoms with Crippen molar-refractivity contribution in [3.05, 3.63) is 75.7 Å². The first kappa shape index (κ1) is 25.0. The van der Waals surface area contributed by atoms with Crippen LogP contribution in [0.4, 0.5) is 11.4 Å². The summed E-state index contributed by atoms with van der Waals surface area (Å²) in [4.78, 5) is 12.8. The highest BCUT2D eigenvalue weighted by Crippen LogP contribution is 2.36. The average Bonchev–Trinajstić information content (AvgIpc) is 2.72. The van der Waals surface area contributed by atoms with Crippen LogP contribution in [0, 0.1) is 0 Å². The highest BCUT2D eigenvalue weighted by atomic mass is 35.5. The summed E-state index contributed by atoms with van der Waals surface area (Å²) in [6.45, 7) is -0.532. The van der Waals surface area contributed by atoms with Crippen molar-refractivity contribution in [2.75, 3.05) is 29.5 Å². The number of methoxy groups -OCH3 is 1. The molecule has 0 fully saturated rings. The number of hydrogen-bond donors (Lipinski definition) is 1. The molecule has 0 aliphatic rings. The maximum absolute atomic E-state index is 12.8. The van der Waals surface area contributed by atoms with E-state index >= 15 is 0 Å². The summed E-state index contributed by atoms with van der Waals surface area (Å²) in [5.74, 6) is 0.563. The standard InChI is InChI=1S/C22H19Cl3N2O5S/c1-31-20-5-3-4-6-21(20)32-19-8-7-14(23)12-18(19)26-22(28)13-27(33(2,29)30)17-10-15(24)9-16(25)11-17/h3-12H,13H2,1-2H3,(H,26,28). The number of para-hydroxylation sites is 2. The first-order valence-corrected chi connectivity index (χ1v) is 12.4. The molecule has 0 heterocycles. The van der Waals surface area contributed by atoms with Gasteiger partial charge in [-0.3, -0.25) is 9.10 Å². The maximum Gasteiger partial charge on any atom is 0.245 e. The lowest BCUT2D eigenvalue weighted by Gasteiger charge is -2.23. The summed E-state index contributed by atoms with van der Waals surface area (Å²) < 4.78 is 36.8. The van der Waals surface area contributed by atoms with E-state index in [-0.39, 0.29) is 27.2 Å². The Balaban J connectivity index is 1.88. The monoisotopic (exact) mass is 528 g/mol. The average molecular weight is 530 g/mol. The molecule has 0 spiro atoms. The fourth-order valence-corrected chi connectivity index (χ4v) is 4.44. The molecule has 0 radical (unpaired) electrons. The second-order valence-corrected chi connectivity index (χ2v) is 10.1.